The summed E-state index contributed by atoms with van der Waals surface area (Å²) in [7, 11) is 0. The largest absolute Gasteiger partial charge is 0.370 e. The highest BCUT2D eigenvalue weighted by Gasteiger charge is 2.02. The number of benzene rings is 2. The van der Waals surface area contributed by atoms with Gasteiger partial charge in [-0.25, -0.2) is 4.99 Å². The molecule has 0 amide bonds. The number of hydrogen-bond acceptors (Lipinski definition) is 1. The molecule has 19 heavy (non-hydrogen) atoms. The summed E-state index contributed by atoms with van der Waals surface area (Å²) in [6, 6.07) is 15.4. The molecule has 0 unspecified atom stereocenters. The molecule has 0 aliphatic heterocycles. The Hall–Kier alpha value is -1.52. The van der Waals surface area contributed by atoms with Crippen LogP contribution in [0, 0.1) is 0 Å². The van der Waals surface area contributed by atoms with Crippen LogP contribution in [0.5, 0.6) is 0 Å². The lowest BCUT2D eigenvalue weighted by atomic mass is 10.2. The van der Waals surface area contributed by atoms with Crippen LogP contribution in [0.2, 0.25) is 5.02 Å². The van der Waals surface area contributed by atoms with Crippen molar-refractivity contribution in [2.45, 2.75) is 6.54 Å². The second-order valence-electron chi connectivity index (χ2n) is 3.94. The summed E-state index contributed by atoms with van der Waals surface area (Å²) >= 11 is 9.35. The van der Waals surface area contributed by atoms with E-state index in [0.29, 0.717) is 17.5 Å². The molecule has 2 rings (SSSR count). The number of nitrogens with one attached hydrogen (secondary N) is 1. The Kier molecular flexibility index (Phi) is 4.82. The van der Waals surface area contributed by atoms with Gasteiger partial charge in [-0.05, 0) is 39.7 Å². The second kappa shape index (κ2) is 6.59. The van der Waals surface area contributed by atoms with E-state index in [-0.39, 0.29) is 0 Å². The van der Waals surface area contributed by atoms with Gasteiger partial charge in [0.25, 0.3) is 0 Å². The molecule has 5 heteroatoms. The normalized spacial score (nSPS) is 11.4. The van der Waals surface area contributed by atoms with Crippen LogP contribution in [-0.2, 0) is 6.54 Å². The maximum Gasteiger partial charge on any atom is 0.193 e. The third-order valence-corrected chi connectivity index (χ3v) is 3.39. The summed E-state index contributed by atoms with van der Waals surface area (Å²) in [5.74, 6) is 0.354. The summed E-state index contributed by atoms with van der Waals surface area (Å²) in [4.78, 5) is 4.28. The zero-order chi connectivity index (χ0) is 13.7. The molecule has 0 aliphatic carbocycles. The van der Waals surface area contributed by atoms with Crippen molar-refractivity contribution in [1.29, 1.82) is 0 Å². The van der Waals surface area contributed by atoms with Gasteiger partial charge in [0, 0.05) is 9.50 Å². The van der Waals surface area contributed by atoms with E-state index in [2.05, 4.69) is 26.2 Å². The van der Waals surface area contributed by atoms with Gasteiger partial charge in [0.1, 0.15) is 0 Å². The van der Waals surface area contributed by atoms with Gasteiger partial charge in [0.15, 0.2) is 5.96 Å². The molecule has 0 saturated carbocycles. The van der Waals surface area contributed by atoms with Crippen molar-refractivity contribution in [2.24, 2.45) is 10.7 Å². The van der Waals surface area contributed by atoms with Crippen LogP contribution in [0.15, 0.2) is 58.0 Å². The van der Waals surface area contributed by atoms with E-state index in [4.69, 9.17) is 17.3 Å². The molecule has 98 valence electrons. The molecule has 2 aromatic carbocycles. The third kappa shape index (κ3) is 4.26. The number of anilines is 1. The number of rotatable bonds is 3. The fourth-order valence-corrected chi connectivity index (χ4v) is 2.05. The maximum atomic E-state index is 5.93. The van der Waals surface area contributed by atoms with Crippen LogP contribution in [0.1, 0.15) is 5.56 Å². The molecular formula is C14H13BrClN3. The Balaban J connectivity index is 2.04. The van der Waals surface area contributed by atoms with E-state index in [9.17, 15) is 0 Å². The number of nitrogens with two attached hydrogens (primary N) is 1. The average Bonchev–Trinajstić information content (AvgIpc) is 2.42. The monoisotopic (exact) mass is 337 g/mol. The van der Waals surface area contributed by atoms with Crippen LogP contribution in [-0.4, -0.2) is 5.96 Å². The molecule has 0 aromatic heterocycles. The fourth-order valence-electron chi connectivity index (χ4n) is 1.53. The maximum absolute atomic E-state index is 5.93. The minimum absolute atomic E-state index is 0.354. The topological polar surface area (TPSA) is 50.4 Å². The summed E-state index contributed by atoms with van der Waals surface area (Å²) in [5.41, 5.74) is 7.75. The quantitative estimate of drug-likeness (QED) is 0.656. The summed E-state index contributed by atoms with van der Waals surface area (Å²) < 4.78 is 0.884. The van der Waals surface area contributed by atoms with Gasteiger partial charge in [0.2, 0.25) is 0 Å². The van der Waals surface area contributed by atoms with Crippen molar-refractivity contribution >= 4 is 39.2 Å². The van der Waals surface area contributed by atoms with Crippen LogP contribution < -0.4 is 11.1 Å². The molecule has 2 aromatic rings. The van der Waals surface area contributed by atoms with E-state index in [0.717, 1.165) is 15.7 Å². The molecule has 0 heterocycles. The number of halogens is 2. The van der Waals surface area contributed by atoms with Gasteiger partial charge >= 0.3 is 0 Å². The highest BCUT2D eigenvalue weighted by molar-refractivity contribution is 9.10. The van der Waals surface area contributed by atoms with Crippen molar-refractivity contribution in [3.63, 3.8) is 0 Å². The summed E-state index contributed by atoms with van der Waals surface area (Å²) in [6.07, 6.45) is 0. The van der Waals surface area contributed by atoms with Gasteiger partial charge in [-0.2, -0.15) is 0 Å². The number of aliphatic imine (C=N–C) groups is 1. The number of nitrogens with zero attached hydrogens (tertiary/aromatic N) is 1. The highest BCUT2D eigenvalue weighted by Crippen LogP contribution is 2.25. The fraction of sp³-hybridized carbons (Fsp3) is 0.0714. The van der Waals surface area contributed by atoms with E-state index < -0.39 is 0 Å². The third-order valence-electron chi connectivity index (χ3n) is 2.47. The van der Waals surface area contributed by atoms with Crippen LogP contribution >= 0.6 is 27.5 Å². The van der Waals surface area contributed by atoms with Crippen molar-refractivity contribution in [1.82, 2.24) is 0 Å². The first kappa shape index (κ1) is 13.9. The summed E-state index contributed by atoms with van der Waals surface area (Å²) in [5, 5.41) is 3.66. The van der Waals surface area contributed by atoms with Crippen LogP contribution in [0.25, 0.3) is 0 Å². The lowest BCUT2D eigenvalue weighted by Gasteiger charge is -2.08. The Morgan fingerprint density at radius 2 is 1.95 bits per heavy atom. The molecule has 0 spiro atoms. The molecule has 0 fully saturated rings. The number of guanidine groups is 1. The first-order valence-electron chi connectivity index (χ1n) is 5.71. The molecule has 0 saturated heterocycles. The predicted octanol–water partition coefficient (Wildman–Crippen LogP) is 4.03. The lowest BCUT2D eigenvalue weighted by Crippen LogP contribution is -2.22. The van der Waals surface area contributed by atoms with Gasteiger partial charge in [-0.3, -0.25) is 0 Å². The Bertz CT molecular complexity index is 584. The number of hydrogen-bond donors (Lipinski definition) is 2. The highest BCUT2D eigenvalue weighted by atomic mass is 79.9. The minimum atomic E-state index is 0.354. The smallest absolute Gasteiger partial charge is 0.193 e. The van der Waals surface area contributed by atoms with Crippen molar-refractivity contribution in [2.75, 3.05) is 5.32 Å². The Morgan fingerprint density at radius 3 is 2.68 bits per heavy atom. The minimum Gasteiger partial charge on any atom is -0.370 e. The van der Waals surface area contributed by atoms with E-state index in [1.165, 1.54) is 0 Å². The van der Waals surface area contributed by atoms with E-state index >= 15 is 0 Å². The predicted molar refractivity (Wildman–Crippen MR) is 84.5 cm³/mol. The van der Waals surface area contributed by atoms with E-state index in [1.807, 2.05) is 36.4 Å². The standard InChI is InChI=1S/C14H13BrClN3/c15-12-7-6-11(16)8-13(12)19-14(17)18-9-10-4-2-1-3-5-10/h1-8H,9H2,(H3,17,18,19). The second-order valence-corrected chi connectivity index (χ2v) is 5.23. The lowest BCUT2D eigenvalue weighted by molar-refractivity contribution is 1.06. The van der Waals surface area contributed by atoms with Crippen LogP contribution in [0.3, 0.4) is 0 Å². The Labute approximate surface area is 125 Å². The Morgan fingerprint density at radius 1 is 1.21 bits per heavy atom. The molecule has 0 atom stereocenters. The molecular weight excluding hydrogens is 326 g/mol. The van der Waals surface area contributed by atoms with E-state index in [1.54, 1.807) is 12.1 Å². The molecule has 3 N–H and O–H groups in total. The van der Waals surface area contributed by atoms with Crippen LogP contribution in [0.4, 0.5) is 5.69 Å². The van der Waals surface area contributed by atoms with Gasteiger partial charge in [-0.1, -0.05) is 41.9 Å². The molecule has 0 radical (unpaired) electrons. The van der Waals surface area contributed by atoms with Gasteiger partial charge in [-0.15, -0.1) is 0 Å². The van der Waals surface area contributed by atoms with Crippen molar-refractivity contribution in [3.05, 3.63) is 63.6 Å². The summed E-state index contributed by atoms with van der Waals surface area (Å²) in [6.45, 7) is 0.540. The molecule has 0 bridgehead atoms. The zero-order valence-electron chi connectivity index (χ0n) is 10.1. The molecule has 0 aliphatic rings. The first-order chi connectivity index (χ1) is 9.15. The molecule has 3 nitrogen and oxygen atoms in total. The van der Waals surface area contributed by atoms with Gasteiger partial charge in [0.05, 0.1) is 12.2 Å². The average molecular weight is 339 g/mol. The zero-order valence-corrected chi connectivity index (χ0v) is 12.4. The van der Waals surface area contributed by atoms with Crippen molar-refractivity contribution < 1.29 is 0 Å². The SMILES string of the molecule is NC(=NCc1ccccc1)Nc1cc(Cl)ccc1Br. The first-order valence-corrected chi connectivity index (χ1v) is 6.88. The van der Waals surface area contributed by atoms with Gasteiger partial charge < -0.3 is 11.1 Å². The van der Waals surface area contributed by atoms with Crippen molar-refractivity contribution in [3.8, 4) is 0 Å².